The molecule has 0 spiro atoms. The summed E-state index contributed by atoms with van der Waals surface area (Å²) in [6, 6.07) is -0.828. The zero-order valence-electron chi connectivity index (χ0n) is 29.6. The number of nitrogens with zero attached hydrogens (tertiary/aromatic N) is 5. The monoisotopic (exact) mass is 668 g/mol. The van der Waals surface area contributed by atoms with Crippen molar-refractivity contribution in [2.24, 2.45) is 0 Å². The molecular formula is C34H64N6O7. The van der Waals surface area contributed by atoms with Gasteiger partial charge in [0.15, 0.2) is 0 Å². The highest BCUT2D eigenvalue weighted by Gasteiger charge is 2.35. The summed E-state index contributed by atoms with van der Waals surface area (Å²) in [5.74, 6) is -2.96. The SMILES string of the molecule is CCC1CN(CC(=O)O)C(CC)CN(CC(=O)NCCCCCCN2CCCC2)C(CC)CN(CC(=O)O)C(CC)CN1CC(=O)O. The van der Waals surface area contributed by atoms with Crippen LogP contribution in [0.1, 0.15) is 91.9 Å². The molecule has 13 nitrogen and oxygen atoms in total. The standard InChI is InChI=1S/C34H64N6O7/c1-5-27-20-38(24-32(42)43)29(7-3)22-40(26-34(46)47)30(8-4)21-39(25-33(44)45)28(6-2)19-37(27)23-31(41)35-15-11-9-10-12-16-36-17-13-14-18-36/h27-30H,5-26H2,1-4H3,(H,35,41)(H,42,43)(H,44,45)(H,46,47). The number of carboxylic acids is 3. The molecule has 2 aliphatic rings. The Hall–Kier alpha value is -2.32. The molecule has 13 heteroatoms. The molecule has 2 rings (SSSR count). The number of carbonyl (C=O) groups is 4. The zero-order valence-corrected chi connectivity index (χ0v) is 29.6. The first kappa shape index (κ1) is 40.9. The molecule has 4 N–H and O–H groups in total. The molecule has 0 aromatic rings. The van der Waals surface area contributed by atoms with Crippen molar-refractivity contribution < 1.29 is 34.5 Å². The zero-order chi connectivity index (χ0) is 34.8. The fraction of sp³-hybridized carbons (Fsp3) is 0.882. The normalized spacial score (nSPS) is 24.9. The lowest BCUT2D eigenvalue weighted by atomic mass is 10.0. The molecule has 2 heterocycles. The van der Waals surface area contributed by atoms with Gasteiger partial charge < -0.3 is 25.5 Å². The summed E-state index contributed by atoms with van der Waals surface area (Å²) in [6.45, 7) is 13.3. The molecule has 2 fully saturated rings. The summed E-state index contributed by atoms with van der Waals surface area (Å²) in [7, 11) is 0. The number of rotatable bonds is 19. The van der Waals surface area contributed by atoms with E-state index in [1.807, 2.05) is 42.4 Å². The van der Waals surface area contributed by atoms with Crippen molar-refractivity contribution in [2.75, 3.05) is 78.5 Å². The lowest BCUT2D eigenvalue weighted by Gasteiger charge is -2.45. The van der Waals surface area contributed by atoms with Crippen molar-refractivity contribution in [1.82, 2.24) is 29.8 Å². The lowest BCUT2D eigenvalue weighted by molar-refractivity contribution is -0.143. The van der Waals surface area contributed by atoms with Gasteiger partial charge in [0.1, 0.15) is 0 Å². The van der Waals surface area contributed by atoms with Gasteiger partial charge in [0.05, 0.1) is 26.2 Å². The maximum absolute atomic E-state index is 13.4. The van der Waals surface area contributed by atoms with Crippen LogP contribution < -0.4 is 5.32 Å². The van der Waals surface area contributed by atoms with Gasteiger partial charge in [-0.2, -0.15) is 0 Å². The Bertz CT molecular complexity index is 936. The number of likely N-dealkylation sites (tertiary alicyclic amines) is 1. The van der Waals surface area contributed by atoms with Crippen LogP contribution in [0.2, 0.25) is 0 Å². The Morgan fingerprint density at radius 3 is 1.28 bits per heavy atom. The third-order valence-electron chi connectivity index (χ3n) is 10.0. The Balaban J connectivity index is 2.27. The molecule has 272 valence electrons. The number of carboxylic acid groups (broad SMARTS) is 3. The minimum absolute atomic E-state index is 0.0804. The summed E-state index contributed by atoms with van der Waals surface area (Å²) in [4.78, 5) is 59.9. The van der Waals surface area contributed by atoms with E-state index in [2.05, 4.69) is 15.1 Å². The van der Waals surface area contributed by atoms with E-state index in [0.717, 1.165) is 25.8 Å². The summed E-state index contributed by atoms with van der Waals surface area (Å²) >= 11 is 0. The quantitative estimate of drug-likeness (QED) is 0.149. The van der Waals surface area contributed by atoms with Gasteiger partial charge in [-0.25, -0.2) is 0 Å². The summed E-state index contributed by atoms with van der Waals surface area (Å²) in [6.07, 6.45) is 9.47. The molecule has 0 aromatic heterocycles. The van der Waals surface area contributed by atoms with Gasteiger partial charge in [0.25, 0.3) is 0 Å². The van der Waals surface area contributed by atoms with Gasteiger partial charge >= 0.3 is 17.9 Å². The van der Waals surface area contributed by atoms with Crippen molar-refractivity contribution in [3.63, 3.8) is 0 Å². The molecular weight excluding hydrogens is 604 g/mol. The van der Waals surface area contributed by atoms with Crippen LogP contribution in [0.25, 0.3) is 0 Å². The van der Waals surface area contributed by atoms with E-state index in [4.69, 9.17) is 0 Å². The van der Waals surface area contributed by atoms with Gasteiger partial charge in [0, 0.05) is 56.9 Å². The minimum Gasteiger partial charge on any atom is -0.480 e. The number of carbonyl (C=O) groups excluding carboxylic acids is 1. The topological polar surface area (TPSA) is 157 Å². The molecule has 4 atom stereocenters. The van der Waals surface area contributed by atoms with Crippen LogP contribution in [0.4, 0.5) is 0 Å². The predicted octanol–water partition coefficient (Wildman–Crippen LogP) is 2.35. The third kappa shape index (κ3) is 15.2. The Morgan fingerprint density at radius 2 is 0.915 bits per heavy atom. The molecule has 4 unspecified atom stereocenters. The van der Waals surface area contributed by atoms with Crippen LogP contribution in [0.5, 0.6) is 0 Å². The van der Waals surface area contributed by atoms with Crippen LogP contribution in [0, 0.1) is 0 Å². The first-order valence-electron chi connectivity index (χ1n) is 18.1. The third-order valence-corrected chi connectivity index (χ3v) is 10.0. The highest BCUT2D eigenvalue weighted by atomic mass is 16.4. The number of nitrogens with one attached hydrogen (secondary N) is 1. The van der Waals surface area contributed by atoms with Crippen molar-refractivity contribution in [3.8, 4) is 0 Å². The summed E-state index contributed by atoms with van der Waals surface area (Å²) in [5.41, 5.74) is 0. The highest BCUT2D eigenvalue weighted by Crippen LogP contribution is 2.20. The second kappa shape index (κ2) is 22.3. The number of amides is 1. The van der Waals surface area contributed by atoms with Gasteiger partial charge in [0.2, 0.25) is 5.91 Å². The molecule has 0 bridgehead atoms. The van der Waals surface area contributed by atoms with Gasteiger partial charge in [-0.15, -0.1) is 0 Å². The molecule has 0 saturated carbocycles. The van der Waals surface area contributed by atoms with E-state index < -0.39 is 17.9 Å². The van der Waals surface area contributed by atoms with E-state index in [1.165, 1.54) is 32.4 Å². The van der Waals surface area contributed by atoms with Gasteiger partial charge in [-0.1, -0.05) is 40.5 Å². The van der Waals surface area contributed by atoms with E-state index >= 15 is 0 Å². The van der Waals surface area contributed by atoms with Gasteiger partial charge in [-0.05, 0) is 71.0 Å². The Labute approximate surface area is 282 Å². The first-order chi connectivity index (χ1) is 22.5. The summed E-state index contributed by atoms with van der Waals surface area (Å²) in [5, 5.41) is 32.7. The largest absolute Gasteiger partial charge is 0.480 e. The molecule has 2 aliphatic heterocycles. The van der Waals surface area contributed by atoms with Crippen molar-refractivity contribution in [1.29, 1.82) is 0 Å². The van der Waals surface area contributed by atoms with Crippen LogP contribution in [0.15, 0.2) is 0 Å². The molecule has 0 radical (unpaired) electrons. The average molecular weight is 669 g/mol. The maximum atomic E-state index is 13.4. The van der Waals surface area contributed by atoms with Crippen molar-refractivity contribution in [3.05, 3.63) is 0 Å². The average Bonchev–Trinajstić information content (AvgIpc) is 3.54. The molecule has 0 aliphatic carbocycles. The van der Waals surface area contributed by atoms with Gasteiger partial charge in [-0.3, -0.25) is 38.8 Å². The molecule has 2 saturated heterocycles. The summed E-state index contributed by atoms with van der Waals surface area (Å²) < 4.78 is 0. The smallest absolute Gasteiger partial charge is 0.317 e. The van der Waals surface area contributed by atoms with Crippen molar-refractivity contribution >= 4 is 23.8 Å². The Morgan fingerprint density at radius 1 is 0.553 bits per heavy atom. The maximum Gasteiger partial charge on any atom is 0.317 e. The number of aliphatic carboxylic acids is 3. The number of hydrogen-bond acceptors (Lipinski definition) is 9. The van der Waals surface area contributed by atoms with E-state index in [0.29, 0.717) is 58.4 Å². The van der Waals surface area contributed by atoms with Crippen molar-refractivity contribution in [2.45, 2.75) is 116 Å². The minimum atomic E-state index is -0.974. The van der Waals surface area contributed by atoms with E-state index in [-0.39, 0.29) is 56.3 Å². The fourth-order valence-corrected chi connectivity index (χ4v) is 7.27. The molecule has 47 heavy (non-hydrogen) atoms. The second-order valence-electron chi connectivity index (χ2n) is 13.5. The molecule has 1 amide bonds. The Kier molecular flexibility index (Phi) is 19.4. The van der Waals surface area contributed by atoms with E-state index in [1.54, 1.807) is 0 Å². The van der Waals surface area contributed by atoms with E-state index in [9.17, 15) is 34.5 Å². The molecule has 0 aromatic carbocycles. The van der Waals surface area contributed by atoms with Crippen LogP contribution in [-0.4, -0.2) is 166 Å². The van der Waals surface area contributed by atoms with Crippen LogP contribution in [0.3, 0.4) is 0 Å². The predicted molar refractivity (Wildman–Crippen MR) is 183 cm³/mol. The second-order valence-corrected chi connectivity index (χ2v) is 13.5. The van der Waals surface area contributed by atoms with Crippen LogP contribution in [-0.2, 0) is 19.2 Å². The lowest BCUT2D eigenvalue weighted by Crippen LogP contribution is -2.60. The first-order valence-corrected chi connectivity index (χ1v) is 18.1. The fourth-order valence-electron chi connectivity index (χ4n) is 7.27. The number of hydrogen-bond donors (Lipinski definition) is 4. The highest BCUT2D eigenvalue weighted by molar-refractivity contribution is 5.78. The van der Waals surface area contributed by atoms with Crippen LogP contribution >= 0.6 is 0 Å². The number of unbranched alkanes of at least 4 members (excludes halogenated alkanes) is 3.